The second-order valence-corrected chi connectivity index (χ2v) is 4.57. The molecule has 0 unspecified atom stereocenters. The van der Waals surface area contributed by atoms with Gasteiger partial charge in [0.15, 0.2) is 0 Å². The molecule has 0 atom stereocenters. The van der Waals surface area contributed by atoms with Crippen molar-refractivity contribution < 1.29 is 4.79 Å². The van der Waals surface area contributed by atoms with Gasteiger partial charge < -0.3 is 5.73 Å². The first-order chi connectivity index (χ1) is 7.15. The minimum atomic E-state index is -0.385. The van der Waals surface area contributed by atoms with Gasteiger partial charge in [0, 0.05) is 15.8 Å². The van der Waals surface area contributed by atoms with Crippen LogP contribution in [0, 0.1) is 3.57 Å². The van der Waals surface area contributed by atoms with Crippen molar-refractivity contribution in [1.82, 2.24) is 0 Å². The topological polar surface area (TPSA) is 46.3 Å². The first kappa shape index (κ1) is 12.3. The fourth-order valence-corrected chi connectivity index (χ4v) is 1.66. The number of anilines is 1. The summed E-state index contributed by atoms with van der Waals surface area (Å²) < 4.78 is 1.15. The number of hydrogen-bond acceptors (Lipinski definition) is 1. The molecule has 0 aromatic heterocycles. The van der Waals surface area contributed by atoms with Crippen LogP contribution >= 0.6 is 22.6 Å². The van der Waals surface area contributed by atoms with Crippen molar-refractivity contribution in [3.05, 3.63) is 27.8 Å². The molecule has 2 N–H and O–H groups in total. The van der Waals surface area contributed by atoms with Crippen LogP contribution in [0.3, 0.4) is 0 Å². The summed E-state index contributed by atoms with van der Waals surface area (Å²) in [4.78, 5) is 12.8. The van der Waals surface area contributed by atoms with Crippen LogP contribution in [-0.2, 0) is 0 Å². The van der Waals surface area contributed by atoms with Crippen LogP contribution in [0.5, 0.6) is 0 Å². The smallest absolute Gasteiger partial charge is 0.319 e. The van der Waals surface area contributed by atoms with E-state index in [0.29, 0.717) is 6.54 Å². The molecule has 0 aliphatic carbocycles. The Morgan fingerprint density at radius 1 is 1.40 bits per heavy atom. The van der Waals surface area contributed by atoms with E-state index in [0.717, 1.165) is 22.1 Å². The quantitative estimate of drug-likeness (QED) is 0.853. The van der Waals surface area contributed by atoms with E-state index in [9.17, 15) is 4.79 Å². The van der Waals surface area contributed by atoms with E-state index in [1.807, 2.05) is 24.3 Å². The molecular weight excluding hydrogens is 303 g/mol. The first-order valence-corrected chi connectivity index (χ1v) is 6.05. The summed E-state index contributed by atoms with van der Waals surface area (Å²) >= 11 is 2.23. The van der Waals surface area contributed by atoms with Crippen molar-refractivity contribution in [2.24, 2.45) is 5.73 Å². The molecule has 0 heterocycles. The Morgan fingerprint density at radius 2 is 2.00 bits per heavy atom. The van der Waals surface area contributed by atoms with E-state index >= 15 is 0 Å². The van der Waals surface area contributed by atoms with Gasteiger partial charge >= 0.3 is 6.03 Å². The zero-order valence-corrected chi connectivity index (χ0v) is 10.9. The van der Waals surface area contributed by atoms with Crippen LogP contribution < -0.4 is 10.6 Å². The maximum atomic E-state index is 11.2. The minimum Gasteiger partial charge on any atom is -0.351 e. The van der Waals surface area contributed by atoms with Gasteiger partial charge in [-0.2, -0.15) is 0 Å². The molecule has 0 radical (unpaired) electrons. The summed E-state index contributed by atoms with van der Waals surface area (Å²) in [6, 6.07) is 7.39. The number of nitrogens with zero attached hydrogens (tertiary/aromatic N) is 1. The Morgan fingerprint density at radius 3 is 2.47 bits per heavy atom. The van der Waals surface area contributed by atoms with Crippen molar-refractivity contribution in [2.75, 3.05) is 11.4 Å². The maximum Gasteiger partial charge on any atom is 0.319 e. The second-order valence-electron chi connectivity index (χ2n) is 3.32. The lowest BCUT2D eigenvalue weighted by Gasteiger charge is -2.20. The van der Waals surface area contributed by atoms with Crippen molar-refractivity contribution >= 4 is 34.3 Å². The largest absolute Gasteiger partial charge is 0.351 e. The summed E-state index contributed by atoms with van der Waals surface area (Å²) in [5.41, 5.74) is 6.20. The molecule has 2 amide bonds. The molecular formula is C11H15IN2O. The molecule has 0 aliphatic rings. The highest BCUT2D eigenvalue weighted by molar-refractivity contribution is 14.1. The van der Waals surface area contributed by atoms with Gasteiger partial charge in [0.05, 0.1) is 0 Å². The number of rotatable bonds is 4. The van der Waals surface area contributed by atoms with Gasteiger partial charge in [-0.05, 0) is 53.3 Å². The zero-order chi connectivity index (χ0) is 11.3. The summed E-state index contributed by atoms with van der Waals surface area (Å²) in [7, 11) is 0. The van der Waals surface area contributed by atoms with Gasteiger partial charge in [0.1, 0.15) is 0 Å². The number of benzene rings is 1. The first-order valence-electron chi connectivity index (χ1n) is 4.97. The average molecular weight is 318 g/mol. The van der Waals surface area contributed by atoms with Crippen molar-refractivity contribution in [2.45, 2.75) is 19.8 Å². The number of nitrogens with two attached hydrogens (primary N) is 1. The number of urea groups is 1. The molecule has 0 aliphatic heterocycles. The van der Waals surface area contributed by atoms with E-state index in [1.54, 1.807) is 4.90 Å². The monoisotopic (exact) mass is 318 g/mol. The van der Waals surface area contributed by atoms with E-state index in [2.05, 4.69) is 29.5 Å². The highest BCUT2D eigenvalue weighted by Gasteiger charge is 2.10. The lowest BCUT2D eigenvalue weighted by molar-refractivity contribution is 0.254. The molecule has 0 saturated heterocycles. The van der Waals surface area contributed by atoms with Gasteiger partial charge in [0.25, 0.3) is 0 Å². The third-order valence-corrected chi connectivity index (χ3v) is 2.86. The summed E-state index contributed by atoms with van der Waals surface area (Å²) in [5.74, 6) is 0. The van der Waals surface area contributed by atoms with Crippen LogP contribution in [0.2, 0.25) is 0 Å². The predicted octanol–water partition coefficient (Wildman–Crippen LogP) is 2.98. The zero-order valence-electron chi connectivity index (χ0n) is 8.74. The van der Waals surface area contributed by atoms with E-state index in [-0.39, 0.29) is 6.03 Å². The fraction of sp³-hybridized carbons (Fsp3) is 0.364. The standard InChI is InChI=1S/C11H15IN2O/c1-2-3-8-14(11(13)15)10-6-4-9(12)5-7-10/h4-7H,2-3,8H2,1H3,(H2,13,15). The molecule has 1 rings (SSSR count). The molecule has 82 valence electrons. The number of unbranched alkanes of at least 4 members (excludes halogenated alkanes) is 1. The normalized spacial score (nSPS) is 10.0. The van der Waals surface area contributed by atoms with Crippen LogP contribution in [0.4, 0.5) is 10.5 Å². The van der Waals surface area contributed by atoms with Crippen LogP contribution in [0.15, 0.2) is 24.3 Å². The third kappa shape index (κ3) is 3.70. The molecule has 0 bridgehead atoms. The van der Waals surface area contributed by atoms with E-state index < -0.39 is 0 Å². The van der Waals surface area contributed by atoms with Gasteiger partial charge in [-0.15, -0.1) is 0 Å². The van der Waals surface area contributed by atoms with E-state index in [4.69, 9.17) is 5.73 Å². The molecule has 0 spiro atoms. The predicted molar refractivity (Wildman–Crippen MR) is 71.0 cm³/mol. The second kappa shape index (κ2) is 5.95. The Labute approximate surface area is 104 Å². The van der Waals surface area contributed by atoms with Crippen molar-refractivity contribution in [3.63, 3.8) is 0 Å². The van der Waals surface area contributed by atoms with Crippen LogP contribution in [0.1, 0.15) is 19.8 Å². The van der Waals surface area contributed by atoms with Crippen LogP contribution in [0.25, 0.3) is 0 Å². The highest BCUT2D eigenvalue weighted by Crippen LogP contribution is 2.16. The number of halogens is 1. The van der Waals surface area contributed by atoms with E-state index in [1.165, 1.54) is 0 Å². The summed E-state index contributed by atoms with van der Waals surface area (Å²) in [5, 5.41) is 0. The summed E-state index contributed by atoms with van der Waals surface area (Å²) in [6.07, 6.45) is 2.02. The molecule has 3 nitrogen and oxygen atoms in total. The van der Waals surface area contributed by atoms with Crippen LogP contribution in [-0.4, -0.2) is 12.6 Å². The molecule has 4 heteroatoms. The number of primary amides is 1. The van der Waals surface area contributed by atoms with Gasteiger partial charge in [-0.3, -0.25) is 4.90 Å². The molecule has 15 heavy (non-hydrogen) atoms. The fourth-order valence-electron chi connectivity index (χ4n) is 1.30. The Hall–Kier alpha value is -0.780. The number of amides is 2. The summed E-state index contributed by atoms with van der Waals surface area (Å²) in [6.45, 7) is 2.78. The Kier molecular flexibility index (Phi) is 4.87. The lowest BCUT2D eigenvalue weighted by atomic mass is 10.2. The number of carbonyl (C=O) groups excluding carboxylic acids is 1. The number of hydrogen-bond donors (Lipinski definition) is 1. The Balaban J connectivity index is 2.79. The number of carbonyl (C=O) groups is 1. The highest BCUT2D eigenvalue weighted by atomic mass is 127. The van der Waals surface area contributed by atoms with Crippen molar-refractivity contribution in [3.8, 4) is 0 Å². The maximum absolute atomic E-state index is 11.2. The molecule has 1 aromatic rings. The van der Waals surface area contributed by atoms with Gasteiger partial charge in [0.2, 0.25) is 0 Å². The minimum absolute atomic E-state index is 0.385. The molecule has 0 saturated carbocycles. The van der Waals surface area contributed by atoms with Gasteiger partial charge in [-0.25, -0.2) is 4.79 Å². The van der Waals surface area contributed by atoms with Crippen molar-refractivity contribution in [1.29, 1.82) is 0 Å². The SMILES string of the molecule is CCCCN(C(N)=O)c1ccc(I)cc1. The lowest BCUT2D eigenvalue weighted by Crippen LogP contribution is -2.36. The third-order valence-electron chi connectivity index (χ3n) is 2.14. The molecule has 0 fully saturated rings. The Bertz CT molecular complexity index is 324. The average Bonchev–Trinajstić information content (AvgIpc) is 2.21. The van der Waals surface area contributed by atoms with Gasteiger partial charge in [-0.1, -0.05) is 13.3 Å². The molecule has 1 aromatic carbocycles.